The topological polar surface area (TPSA) is 60.2 Å². The highest BCUT2D eigenvalue weighted by Crippen LogP contribution is 2.25. The first-order chi connectivity index (χ1) is 10.2. The van der Waals surface area contributed by atoms with E-state index < -0.39 is 0 Å². The van der Waals surface area contributed by atoms with Crippen LogP contribution in [0.3, 0.4) is 0 Å². The zero-order chi connectivity index (χ0) is 14.8. The first-order valence-electron chi connectivity index (χ1n) is 7.11. The number of ether oxygens (including phenoxy) is 1. The van der Waals surface area contributed by atoms with Crippen molar-refractivity contribution in [3.63, 3.8) is 0 Å². The number of para-hydroxylation sites is 1. The van der Waals surface area contributed by atoms with Gasteiger partial charge in [-0.2, -0.15) is 0 Å². The van der Waals surface area contributed by atoms with Crippen LogP contribution in [0.1, 0.15) is 29.9 Å². The number of fused-ring (bicyclic) bond motifs is 1. The van der Waals surface area contributed by atoms with E-state index in [9.17, 15) is 4.79 Å². The summed E-state index contributed by atoms with van der Waals surface area (Å²) in [7, 11) is 0. The number of rotatable bonds is 2. The first kappa shape index (κ1) is 13.6. The van der Waals surface area contributed by atoms with Crippen molar-refractivity contribution in [1.82, 2.24) is 19.9 Å². The van der Waals surface area contributed by atoms with Crippen LogP contribution in [-0.2, 0) is 13.1 Å². The molecule has 0 N–H and O–H groups in total. The number of benzene rings is 1. The second-order valence-corrected chi connectivity index (χ2v) is 5.16. The molecule has 110 valence electrons. The van der Waals surface area contributed by atoms with Crippen molar-refractivity contribution in [2.24, 2.45) is 0 Å². The maximum atomic E-state index is 12.7. The summed E-state index contributed by atoms with van der Waals surface area (Å²) in [6, 6.07) is 7.83. The number of aryl methyl sites for hydroxylation is 1. The van der Waals surface area contributed by atoms with Crippen LogP contribution in [0, 0.1) is 0 Å². The summed E-state index contributed by atoms with van der Waals surface area (Å²) in [6.45, 7) is 5.61. The van der Waals surface area contributed by atoms with E-state index in [0.29, 0.717) is 25.3 Å². The third-order valence-corrected chi connectivity index (χ3v) is 3.56. The van der Waals surface area contributed by atoms with Crippen LogP contribution in [-0.4, -0.2) is 38.4 Å². The third kappa shape index (κ3) is 2.61. The van der Waals surface area contributed by atoms with Gasteiger partial charge in [0.05, 0.1) is 12.7 Å². The van der Waals surface area contributed by atoms with Crippen molar-refractivity contribution in [3.8, 4) is 5.75 Å². The summed E-state index contributed by atoms with van der Waals surface area (Å²) >= 11 is 0. The Bertz CT molecular complexity index is 653. The van der Waals surface area contributed by atoms with Crippen LogP contribution < -0.4 is 4.74 Å². The van der Waals surface area contributed by atoms with Crippen molar-refractivity contribution >= 4 is 5.91 Å². The highest BCUT2D eigenvalue weighted by Gasteiger charge is 2.26. The quantitative estimate of drug-likeness (QED) is 0.843. The van der Waals surface area contributed by atoms with Crippen molar-refractivity contribution in [2.75, 3.05) is 6.54 Å². The Hall–Kier alpha value is -2.37. The van der Waals surface area contributed by atoms with Crippen molar-refractivity contribution < 1.29 is 9.53 Å². The molecule has 1 unspecified atom stereocenters. The van der Waals surface area contributed by atoms with Crippen LogP contribution in [0.2, 0.25) is 0 Å². The van der Waals surface area contributed by atoms with E-state index in [1.807, 2.05) is 38.1 Å². The molecule has 1 aliphatic heterocycles. The Morgan fingerprint density at radius 1 is 1.43 bits per heavy atom. The van der Waals surface area contributed by atoms with Gasteiger partial charge in [-0.15, -0.1) is 5.10 Å². The molecule has 2 heterocycles. The lowest BCUT2D eigenvalue weighted by atomic mass is 10.2. The number of hydrogen-bond acceptors (Lipinski definition) is 4. The fraction of sp³-hybridized carbons (Fsp3) is 0.400. The Kier molecular flexibility index (Phi) is 3.60. The molecule has 0 saturated carbocycles. The van der Waals surface area contributed by atoms with Gasteiger partial charge in [-0.1, -0.05) is 23.4 Å². The molecule has 6 heteroatoms. The molecule has 0 bridgehead atoms. The normalized spacial score (nSPS) is 17.8. The van der Waals surface area contributed by atoms with Gasteiger partial charge >= 0.3 is 0 Å². The van der Waals surface area contributed by atoms with Gasteiger partial charge in [-0.3, -0.25) is 4.79 Å². The lowest BCUT2D eigenvalue weighted by molar-refractivity contribution is 0.0678. The van der Waals surface area contributed by atoms with E-state index in [-0.39, 0.29) is 12.0 Å². The molecule has 0 fully saturated rings. The number of nitrogens with zero attached hydrogens (tertiary/aromatic N) is 4. The summed E-state index contributed by atoms with van der Waals surface area (Å²) in [6.07, 6.45) is 1.47. The van der Waals surface area contributed by atoms with Gasteiger partial charge in [0.15, 0.2) is 0 Å². The molecule has 1 amide bonds. The molecular formula is C15H18N4O2. The summed E-state index contributed by atoms with van der Waals surface area (Å²) in [5.74, 6) is 0.788. The summed E-state index contributed by atoms with van der Waals surface area (Å²) in [5.41, 5.74) is 1.54. The van der Waals surface area contributed by atoms with E-state index >= 15 is 0 Å². The number of carbonyl (C=O) groups excluding carboxylic acids is 1. The molecule has 2 aromatic rings. The molecule has 0 aliphatic carbocycles. The molecule has 1 atom stereocenters. The number of amides is 1. The maximum Gasteiger partial charge on any atom is 0.274 e. The molecule has 0 spiro atoms. The van der Waals surface area contributed by atoms with E-state index in [2.05, 4.69) is 10.3 Å². The van der Waals surface area contributed by atoms with Crippen LogP contribution in [0.5, 0.6) is 5.75 Å². The van der Waals surface area contributed by atoms with Gasteiger partial charge in [0, 0.05) is 18.7 Å². The minimum atomic E-state index is -0.0611. The molecule has 3 rings (SSSR count). The predicted octanol–water partition coefficient (Wildman–Crippen LogP) is 1.72. The van der Waals surface area contributed by atoms with Crippen LogP contribution in [0.25, 0.3) is 0 Å². The lowest BCUT2D eigenvalue weighted by Crippen LogP contribution is -2.37. The van der Waals surface area contributed by atoms with Gasteiger partial charge in [-0.05, 0) is 19.9 Å². The zero-order valence-electron chi connectivity index (χ0n) is 12.2. The smallest absolute Gasteiger partial charge is 0.274 e. The van der Waals surface area contributed by atoms with Crippen LogP contribution in [0.15, 0.2) is 30.5 Å². The summed E-state index contributed by atoms with van der Waals surface area (Å²) in [4.78, 5) is 14.5. The van der Waals surface area contributed by atoms with Gasteiger partial charge < -0.3 is 9.64 Å². The van der Waals surface area contributed by atoms with Gasteiger partial charge in [0.25, 0.3) is 5.91 Å². The Morgan fingerprint density at radius 3 is 3.05 bits per heavy atom. The second kappa shape index (κ2) is 5.55. The maximum absolute atomic E-state index is 12.7. The number of carbonyl (C=O) groups is 1. The second-order valence-electron chi connectivity index (χ2n) is 5.16. The minimum absolute atomic E-state index is 0.0523. The monoisotopic (exact) mass is 286 g/mol. The first-order valence-corrected chi connectivity index (χ1v) is 7.11. The van der Waals surface area contributed by atoms with E-state index in [1.54, 1.807) is 9.58 Å². The van der Waals surface area contributed by atoms with Crippen molar-refractivity contribution in [3.05, 3.63) is 41.7 Å². The molecule has 1 aromatic carbocycles. The summed E-state index contributed by atoms with van der Waals surface area (Å²) in [5, 5.41) is 7.76. The Balaban J connectivity index is 1.90. The Labute approximate surface area is 123 Å². The van der Waals surface area contributed by atoms with Crippen molar-refractivity contribution in [1.29, 1.82) is 0 Å². The number of aromatic nitrogens is 3. The van der Waals surface area contributed by atoms with E-state index in [1.165, 1.54) is 6.20 Å². The average molecular weight is 286 g/mol. The van der Waals surface area contributed by atoms with E-state index in [0.717, 1.165) is 11.3 Å². The number of hydrogen-bond donors (Lipinski definition) is 0. The molecule has 0 saturated heterocycles. The van der Waals surface area contributed by atoms with Gasteiger partial charge in [0.1, 0.15) is 17.5 Å². The minimum Gasteiger partial charge on any atom is -0.489 e. The van der Waals surface area contributed by atoms with Crippen molar-refractivity contribution in [2.45, 2.75) is 33.0 Å². The fourth-order valence-corrected chi connectivity index (χ4v) is 2.56. The predicted molar refractivity (Wildman–Crippen MR) is 77.0 cm³/mol. The molecular weight excluding hydrogens is 268 g/mol. The van der Waals surface area contributed by atoms with Crippen LogP contribution in [0.4, 0.5) is 0 Å². The zero-order valence-corrected chi connectivity index (χ0v) is 12.2. The lowest BCUT2D eigenvalue weighted by Gasteiger charge is -2.22. The molecule has 6 nitrogen and oxygen atoms in total. The fourth-order valence-electron chi connectivity index (χ4n) is 2.56. The molecule has 1 aromatic heterocycles. The summed E-state index contributed by atoms with van der Waals surface area (Å²) < 4.78 is 7.49. The Morgan fingerprint density at radius 2 is 2.24 bits per heavy atom. The SMILES string of the molecule is CCn1nncc1C(=O)N1Cc2ccccc2OC(C)C1. The average Bonchev–Trinajstić information content (AvgIpc) is 2.89. The largest absolute Gasteiger partial charge is 0.489 e. The van der Waals surface area contributed by atoms with Gasteiger partial charge in [0.2, 0.25) is 0 Å². The standard InChI is InChI=1S/C15H18N4O2/c1-3-19-13(8-16-17-19)15(20)18-9-11(2)21-14-7-5-4-6-12(14)10-18/h4-8,11H,3,9-10H2,1-2H3. The molecule has 1 aliphatic rings. The highest BCUT2D eigenvalue weighted by molar-refractivity contribution is 5.92. The molecule has 21 heavy (non-hydrogen) atoms. The molecule has 0 radical (unpaired) electrons. The van der Waals surface area contributed by atoms with Gasteiger partial charge in [-0.25, -0.2) is 4.68 Å². The highest BCUT2D eigenvalue weighted by atomic mass is 16.5. The third-order valence-electron chi connectivity index (χ3n) is 3.56. The van der Waals surface area contributed by atoms with Crippen LogP contribution >= 0.6 is 0 Å². The van der Waals surface area contributed by atoms with E-state index in [4.69, 9.17) is 4.74 Å².